The van der Waals surface area contributed by atoms with Crippen LogP contribution >= 0.6 is 37.0 Å². The Morgan fingerprint density at radius 1 is 0.366 bits per heavy atom. The van der Waals surface area contributed by atoms with E-state index in [4.69, 9.17) is 59.5 Å². The van der Waals surface area contributed by atoms with E-state index in [2.05, 4.69) is 137 Å². The third-order valence-electron chi connectivity index (χ3n) is 22.6. The molecular formula is C101H179N17O24S3. The first-order chi connectivity index (χ1) is 70.3. The van der Waals surface area contributed by atoms with Crippen LogP contribution in [0.25, 0.3) is 0 Å². The number of thiol groups is 2. The number of allylic oxidation sites excluding steroid dienone is 4. The zero-order valence-corrected chi connectivity index (χ0v) is 89.5. The van der Waals surface area contributed by atoms with Crippen LogP contribution in [0.4, 0.5) is 0 Å². The summed E-state index contributed by atoms with van der Waals surface area (Å²) in [6.45, 7) is 13.4. The van der Waals surface area contributed by atoms with Gasteiger partial charge in [-0.15, -0.1) is 0 Å². The highest BCUT2D eigenvalue weighted by atomic mass is 32.2. The van der Waals surface area contributed by atoms with Gasteiger partial charge in [-0.1, -0.05) is 171 Å². The van der Waals surface area contributed by atoms with Gasteiger partial charge >= 0.3 is 5.97 Å². The van der Waals surface area contributed by atoms with Crippen molar-refractivity contribution in [3.63, 3.8) is 0 Å². The molecule has 0 fully saturated rings. The van der Waals surface area contributed by atoms with E-state index in [1.807, 2.05) is 0 Å². The molecule has 0 aromatic heterocycles. The van der Waals surface area contributed by atoms with Gasteiger partial charge in [0.05, 0.1) is 138 Å². The van der Waals surface area contributed by atoms with Gasteiger partial charge in [0.2, 0.25) is 76.8 Å². The maximum Gasteiger partial charge on any atom is 0.305 e. The Morgan fingerprint density at radius 3 is 1.10 bits per heavy atom. The Bertz CT molecular complexity index is 3650. The Morgan fingerprint density at radius 2 is 0.710 bits per heavy atom. The van der Waals surface area contributed by atoms with Crippen LogP contribution in [-0.2, 0) is 116 Å². The van der Waals surface area contributed by atoms with E-state index < -0.39 is 127 Å². The summed E-state index contributed by atoms with van der Waals surface area (Å²) >= 11 is 9.50. The number of ether oxygens (including phenoxy) is 9. The summed E-state index contributed by atoms with van der Waals surface area (Å²) in [6.07, 6.45) is 42.6. The standard InChI is InChI=1S/C101H179N17O24S3/c1-5-7-9-11-13-15-17-19-21-23-25-27-29-31-36-42-87(119)105-48-51-118(52-49-106-88(120)43-37-32-30-28-26-24-22-20-18-16-14-12-10-8-6-2)53-50-107-89(121)44-54-134-56-58-136-60-62-138-64-66-140-68-70-142-71-69-141-67-65-139-63-61-137-59-57-135-55-45-90(122)111-79(3)95(128)117-86(78-144)97(130)110-76-92(124)113-83(73-80-39-34-33-35-40-80)100(133)114-82(46-72-145-4)99(132)115-84(74-93(125)126)96(129)109-75-91(123)112-81(41-38-47-108-101(103)104)98(131)116-85(77-143)94(102)127/h19-22,33-35,39-40,79,81-86,143-144H,5-18,23-32,36-38,41-78H2,1-4H3,(H2,102,127)(H,105,119)(H,106,120)(H,107,121)(H,109,129)(H,110,130)(H,111,122)(H,112,123)(H,113,124)(H,114,133)(H,115,132)(H,116,131)(H,117,128)(H,125,126)(H4,103,104,108)/b21-19-,22-20-. The Hall–Kier alpha value is -8.80. The summed E-state index contributed by atoms with van der Waals surface area (Å²) in [4.78, 5) is 185. The van der Waals surface area contributed by atoms with Crippen molar-refractivity contribution in [2.75, 3.05) is 201 Å². The third-order valence-corrected chi connectivity index (χ3v) is 24.0. The lowest BCUT2D eigenvalue weighted by atomic mass is 10.0. The number of primary amides is 1. The van der Waals surface area contributed by atoms with Crippen LogP contribution < -0.4 is 80.6 Å². The summed E-state index contributed by atoms with van der Waals surface area (Å²) in [5.41, 5.74) is 11.2. The maximum atomic E-state index is 14.2. The van der Waals surface area contributed by atoms with Crippen LogP contribution in [0.3, 0.4) is 0 Å². The minimum atomic E-state index is -1.81. The number of carboxylic acids is 1. The fraction of sp³-hybridized carbons (Fsp3) is 0.752. The third kappa shape index (κ3) is 80.9. The molecule has 0 aliphatic rings. The monoisotopic (exact) mass is 2110 g/mol. The van der Waals surface area contributed by atoms with Crippen LogP contribution in [0.1, 0.15) is 245 Å². The van der Waals surface area contributed by atoms with E-state index in [9.17, 15) is 72.2 Å². The van der Waals surface area contributed by atoms with Gasteiger partial charge in [-0.2, -0.15) is 37.0 Å². The molecule has 830 valence electrons. The molecule has 0 heterocycles. The number of carbonyl (C=O) groups is 14. The highest BCUT2D eigenvalue weighted by molar-refractivity contribution is 7.98. The van der Waals surface area contributed by atoms with Crippen molar-refractivity contribution >= 4 is 126 Å². The molecule has 1 aromatic rings. The average Bonchev–Trinajstić information content (AvgIpc) is 0.860. The minimum absolute atomic E-state index is 0.0116. The van der Waals surface area contributed by atoms with Gasteiger partial charge in [0, 0.05) is 89.4 Å². The second-order valence-corrected chi connectivity index (χ2v) is 36.8. The van der Waals surface area contributed by atoms with Gasteiger partial charge in [-0.3, -0.25) is 77.4 Å². The molecule has 1 aromatic carbocycles. The quantitative estimate of drug-likeness (QED) is 0.0128. The lowest BCUT2D eigenvalue weighted by Gasteiger charge is -2.25. The topological polar surface area (TPSA) is 578 Å². The minimum Gasteiger partial charge on any atom is -0.481 e. The van der Waals surface area contributed by atoms with Crippen LogP contribution in [0, 0.1) is 5.41 Å². The van der Waals surface area contributed by atoms with Crippen molar-refractivity contribution in [1.82, 2.24) is 74.0 Å². The molecule has 44 heteroatoms. The second kappa shape index (κ2) is 94.9. The first-order valence-corrected chi connectivity index (χ1v) is 54.9. The zero-order valence-electron chi connectivity index (χ0n) is 86.9. The molecule has 0 radical (unpaired) electrons. The summed E-state index contributed by atoms with van der Waals surface area (Å²) in [7, 11) is 0. The Labute approximate surface area is 876 Å². The number of unbranched alkanes of at least 4 members (excludes halogenated alkanes) is 22. The molecule has 13 amide bonds. The van der Waals surface area contributed by atoms with Gasteiger partial charge in [-0.05, 0) is 108 Å². The molecule has 145 heavy (non-hydrogen) atoms. The molecule has 0 aliphatic heterocycles. The molecule has 41 nitrogen and oxygen atoms in total. The van der Waals surface area contributed by atoms with E-state index in [-0.39, 0.29) is 119 Å². The summed E-state index contributed by atoms with van der Waals surface area (Å²) in [5, 5.41) is 50.7. The average molecular weight is 2110 g/mol. The number of nitrogens with one attached hydrogen (secondary N) is 14. The molecule has 0 aliphatic carbocycles. The van der Waals surface area contributed by atoms with E-state index in [1.165, 1.54) is 134 Å². The molecule has 19 N–H and O–H groups in total. The highest BCUT2D eigenvalue weighted by Crippen LogP contribution is 2.15. The number of carbonyl (C=O) groups excluding carboxylic acids is 13. The predicted molar refractivity (Wildman–Crippen MR) is 568 cm³/mol. The first kappa shape index (κ1) is 134. The van der Waals surface area contributed by atoms with Gasteiger partial charge < -0.3 is 128 Å². The molecule has 7 atom stereocenters. The first-order valence-electron chi connectivity index (χ1n) is 52.3. The smallest absolute Gasteiger partial charge is 0.305 e. The summed E-state index contributed by atoms with van der Waals surface area (Å²) < 4.78 is 50.2. The van der Waals surface area contributed by atoms with E-state index in [1.54, 1.807) is 36.6 Å². The lowest BCUT2D eigenvalue weighted by Crippen LogP contribution is -2.59. The number of hydrogen-bond acceptors (Lipinski definition) is 28. The number of thioether (sulfide) groups is 1. The van der Waals surface area contributed by atoms with Gasteiger partial charge in [0.15, 0.2) is 5.96 Å². The number of nitrogens with two attached hydrogens (primary N) is 2. The summed E-state index contributed by atoms with van der Waals surface area (Å²) in [6, 6.07) is -1.12. The zero-order chi connectivity index (χ0) is 106. The number of guanidine groups is 1. The summed E-state index contributed by atoms with van der Waals surface area (Å²) in [5.74, 6) is -10.7. The van der Waals surface area contributed by atoms with Gasteiger partial charge in [0.1, 0.15) is 42.3 Å². The molecule has 0 saturated carbocycles. The van der Waals surface area contributed by atoms with Crippen molar-refractivity contribution in [3.8, 4) is 0 Å². The van der Waals surface area contributed by atoms with Crippen molar-refractivity contribution in [2.24, 2.45) is 11.5 Å². The molecule has 0 saturated heterocycles. The number of nitrogens with zero attached hydrogens (tertiary/aromatic N) is 1. The van der Waals surface area contributed by atoms with Crippen LogP contribution in [-0.4, -0.2) is 342 Å². The van der Waals surface area contributed by atoms with Crippen molar-refractivity contribution in [3.05, 3.63) is 60.2 Å². The number of rotatable bonds is 100. The van der Waals surface area contributed by atoms with E-state index >= 15 is 0 Å². The van der Waals surface area contributed by atoms with Crippen LogP contribution in [0.5, 0.6) is 0 Å². The number of amides is 13. The fourth-order valence-corrected chi connectivity index (χ4v) is 15.3. The van der Waals surface area contributed by atoms with Crippen LogP contribution in [0.15, 0.2) is 54.6 Å². The normalized spacial score (nSPS) is 12.8. The maximum absolute atomic E-state index is 14.2. The predicted octanol–water partition coefficient (Wildman–Crippen LogP) is 5.37. The number of aliphatic carboxylic acids is 1. The molecule has 7 unspecified atom stereocenters. The molecular weight excluding hydrogens is 1930 g/mol. The Balaban J connectivity index is 2.34. The van der Waals surface area contributed by atoms with Crippen molar-refractivity contribution < 1.29 is 115 Å². The Kier molecular flexibility index (Phi) is 87.8. The number of carboxylic acid groups (broad SMARTS) is 1. The molecule has 0 bridgehead atoms. The SMILES string of the molecule is CCCCCCCC/C=C\CCCCCCCC(=O)NCCN(CCNC(=O)CCCCCCC/C=C\CCCCCCCC)CCNC(=O)CCOCCOCCOCCOCCOCCOCCOCCOCCOCCC(=O)NC(C)C(=O)NC(CS)C(=O)NCC(=O)NC(Cc1ccccc1)C(=O)NC(CCSC)C(=O)NC(CC(=O)O)C(=O)NCC(=O)NC(CCCNC(=N)N)C(=O)NC(CS)C(N)=O. The van der Waals surface area contributed by atoms with Crippen LogP contribution in [0.2, 0.25) is 0 Å². The van der Waals surface area contributed by atoms with Crippen molar-refractivity contribution in [2.45, 2.75) is 288 Å². The number of benzene rings is 1. The molecule has 1 rings (SSSR count). The van der Waals surface area contributed by atoms with Gasteiger partial charge in [0.25, 0.3) is 0 Å². The van der Waals surface area contributed by atoms with Gasteiger partial charge in [-0.25, -0.2) is 0 Å². The fourth-order valence-electron chi connectivity index (χ4n) is 14.3. The van der Waals surface area contributed by atoms with Crippen molar-refractivity contribution in [1.29, 1.82) is 5.41 Å². The largest absolute Gasteiger partial charge is 0.481 e. The van der Waals surface area contributed by atoms with E-state index in [0.717, 1.165) is 51.4 Å². The molecule has 0 spiro atoms. The second-order valence-electron chi connectivity index (χ2n) is 35.1. The lowest BCUT2D eigenvalue weighted by molar-refractivity contribution is -0.141. The number of hydrogen-bond donors (Lipinski definition) is 19. The highest BCUT2D eigenvalue weighted by Gasteiger charge is 2.33. The van der Waals surface area contributed by atoms with E-state index in [0.29, 0.717) is 144 Å².